The summed E-state index contributed by atoms with van der Waals surface area (Å²) in [5.74, 6) is 0.260. The lowest BCUT2D eigenvalue weighted by atomic mass is 9.70. The number of amides is 1. The first-order valence-corrected chi connectivity index (χ1v) is 9.81. The number of methoxy groups -OCH3 is 1. The van der Waals surface area contributed by atoms with E-state index in [9.17, 15) is 9.59 Å². The maximum atomic E-state index is 12.6. The monoisotopic (exact) mass is 429 g/mol. The maximum absolute atomic E-state index is 12.6. The molecule has 6 heteroatoms. The van der Waals surface area contributed by atoms with Crippen LogP contribution in [-0.2, 0) is 16.1 Å². The lowest BCUT2D eigenvalue weighted by Crippen LogP contribution is -2.48. The van der Waals surface area contributed by atoms with Crippen LogP contribution < -0.4 is 0 Å². The van der Waals surface area contributed by atoms with Gasteiger partial charge in [0.05, 0.1) is 18.7 Å². The van der Waals surface area contributed by atoms with Gasteiger partial charge >= 0.3 is 12.1 Å². The number of benzene rings is 2. The molecule has 140 valence electrons. The number of hydrogen-bond acceptors (Lipinski definition) is 4. The summed E-state index contributed by atoms with van der Waals surface area (Å²) in [5.41, 5.74) is 2.64. The van der Waals surface area contributed by atoms with Gasteiger partial charge in [0.15, 0.2) is 0 Å². The molecular weight excluding hydrogens is 410 g/mol. The second-order valence-electron chi connectivity index (χ2n) is 6.93. The van der Waals surface area contributed by atoms with Crippen LogP contribution in [0.1, 0.15) is 27.4 Å². The number of alkyl halides is 1. The second kappa shape index (κ2) is 7.35. The molecule has 2 saturated heterocycles. The summed E-state index contributed by atoms with van der Waals surface area (Å²) in [6.07, 6.45) is -0.274. The van der Waals surface area contributed by atoms with E-state index in [2.05, 4.69) is 15.9 Å². The summed E-state index contributed by atoms with van der Waals surface area (Å²) in [6, 6.07) is 17.2. The van der Waals surface area contributed by atoms with Crippen molar-refractivity contribution in [1.82, 2.24) is 4.90 Å². The highest BCUT2D eigenvalue weighted by Crippen LogP contribution is 2.55. The van der Waals surface area contributed by atoms with Gasteiger partial charge in [0.1, 0.15) is 6.61 Å². The van der Waals surface area contributed by atoms with E-state index in [1.807, 2.05) is 47.4 Å². The zero-order chi connectivity index (χ0) is 19.0. The SMILES string of the molecule is COC(=O)c1ccc(C2C3CN(C(=O)OCc4ccccc4)C2C3Br)cc1. The van der Waals surface area contributed by atoms with Crippen LogP contribution in [0.3, 0.4) is 0 Å². The summed E-state index contributed by atoms with van der Waals surface area (Å²) in [5, 5.41) is 0. The summed E-state index contributed by atoms with van der Waals surface area (Å²) >= 11 is 3.72. The topological polar surface area (TPSA) is 55.8 Å². The van der Waals surface area contributed by atoms with Crippen molar-refractivity contribution < 1.29 is 19.1 Å². The average Bonchev–Trinajstić information content (AvgIpc) is 3.29. The molecule has 2 heterocycles. The Morgan fingerprint density at radius 3 is 2.48 bits per heavy atom. The van der Waals surface area contributed by atoms with Gasteiger partial charge in [-0.1, -0.05) is 58.4 Å². The van der Waals surface area contributed by atoms with Gasteiger partial charge in [0.2, 0.25) is 0 Å². The fourth-order valence-electron chi connectivity index (χ4n) is 4.09. The van der Waals surface area contributed by atoms with E-state index in [1.165, 1.54) is 7.11 Å². The van der Waals surface area contributed by atoms with Crippen LogP contribution >= 0.6 is 15.9 Å². The van der Waals surface area contributed by atoms with Crippen LogP contribution in [0.2, 0.25) is 0 Å². The molecule has 3 aliphatic rings. The van der Waals surface area contributed by atoms with E-state index in [0.717, 1.165) is 11.1 Å². The average molecular weight is 430 g/mol. The zero-order valence-corrected chi connectivity index (χ0v) is 16.5. The van der Waals surface area contributed by atoms with Crippen LogP contribution in [0.25, 0.3) is 0 Å². The van der Waals surface area contributed by atoms with Crippen molar-refractivity contribution in [3.05, 3.63) is 71.3 Å². The van der Waals surface area contributed by atoms with Gasteiger partial charge < -0.3 is 14.4 Å². The van der Waals surface area contributed by atoms with Crippen LogP contribution in [0.4, 0.5) is 4.79 Å². The van der Waals surface area contributed by atoms with E-state index in [0.29, 0.717) is 18.0 Å². The minimum absolute atomic E-state index is 0.0715. The van der Waals surface area contributed by atoms with Crippen LogP contribution in [0.5, 0.6) is 0 Å². The fourth-order valence-corrected chi connectivity index (χ4v) is 5.20. The molecule has 4 unspecified atom stereocenters. The van der Waals surface area contributed by atoms with Crippen LogP contribution in [0, 0.1) is 5.92 Å². The standard InChI is InChI=1S/C21H20BrNO4/c1-26-20(24)15-9-7-14(8-10-15)17-16-11-23(19(17)18(16)22)21(25)27-12-13-5-3-2-4-6-13/h2-10,16-19H,11-12H2,1H3. The van der Waals surface area contributed by atoms with Crippen molar-refractivity contribution in [2.24, 2.45) is 5.92 Å². The molecule has 5 rings (SSSR count). The molecule has 2 aliphatic heterocycles. The first-order valence-electron chi connectivity index (χ1n) is 8.90. The minimum atomic E-state index is -0.345. The quantitative estimate of drug-likeness (QED) is 0.544. The molecule has 0 radical (unpaired) electrons. The molecule has 3 fully saturated rings. The van der Waals surface area contributed by atoms with Crippen molar-refractivity contribution in [1.29, 1.82) is 0 Å². The first kappa shape index (κ1) is 18.0. The normalized spacial score (nSPS) is 25.6. The summed E-state index contributed by atoms with van der Waals surface area (Å²) in [4.78, 5) is 26.3. The smallest absolute Gasteiger partial charge is 0.410 e. The molecule has 1 amide bonds. The van der Waals surface area contributed by atoms with Crippen molar-refractivity contribution in [2.75, 3.05) is 13.7 Å². The van der Waals surface area contributed by atoms with E-state index in [4.69, 9.17) is 9.47 Å². The van der Waals surface area contributed by atoms with Gasteiger partial charge in [0.25, 0.3) is 0 Å². The summed E-state index contributed by atoms with van der Waals surface area (Å²) in [6.45, 7) is 0.955. The van der Waals surface area contributed by atoms with Crippen LogP contribution in [0.15, 0.2) is 54.6 Å². The molecule has 4 atom stereocenters. The largest absolute Gasteiger partial charge is 0.465 e. The zero-order valence-electron chi connectivity index (χ0n) is 14.9. The van der Waals surface area contributed by atoms with Crippen molar-refractivity contribution in [2.45, 2.75) is 23.4 Å². The van der Waals surface area contributed by atoms with Crippen molar-refractivity contribution >= 4 is 28.0 Å². The Balaban J connectivity index is 1.43. The molecule has 1 saturated carbocycles. The molecule has 0 spiro atoms. The Hall–Kier alpha value is -2.34. The molecule has 0 N–H and O–H groups in total. The Morgan fingerprint density at radius 1 is 1.11 bits per heavy atom. The van der Waals surface area contributed by atoms with Gasteiger partial charge in [-0.3, -0.25) is 0 Å². The Morgan fingerprint density at radius 2 is 1.81 bits per heavy atom. The molecular formula is C21H20BrNO4. The summed E-state index contributed by atoms with van der Waals surface area (Å²) < 4.78 is 10.3. The number of ether oxygens (including phenoxy) is 2. The van der Waals surface area contributed by atoms with E-state index in [1.54, 1.807) is 12.1 Å². The highest BCUT2D eigenvalue weighted by atomic mass is 79.9. The Bertz CT molecular complexity index is 839. The first-order chi connectivity index (χ1) is 13.1. The van der Waals surface area contributed by atoms with Crippen LogP contribution in [-0.4, -0.2) is 41.5 Å². The number of nitrogens with zero attached hydrogens (tertiary/aromatic N) is 1. The number of hydrogen-bond donors (Lipinski definition) is 0. The van der Waals surface area contributed by atoms with E-state index in [-0.39, 0.29) is 35.5 Å². The molecule has 0 aromatic heterocycles. The molecule has 27 heavy (non-hydrogen) atoms. The number of halogens is 1. The minimum Gasteiger partial charge on any atom is -0.465 e. The second-order valence-corrected chi connectivity index (χ2v) is 7.99. The van der Waals surface area contributed by atoms with Gasteiger partial charge in [-0.2, -0.15) is 0 Å². The van der Waals surface area contributed by atoms with Crippen molar-refractivity contribution in [3.63, 3.8) is 0 Å². The lowest BCUT2D eigenvalue weighted by molar-refractivity contribution is 0.0600. The summed E-state index contributed by atoms with van der Waals surface area (Å²) in [7, 11) is 1.37. The number of fused-ring (bicyclic) bond motifs is 1. The number of rotatable bonds is 4. The molecule has 2 bridgehead atoms. The third-order valence-electron chi connectivity index (χ3n) is 5.49. The highest BCUT2D eigenvalue weighted by Gasteiger charge is 2.61. The Labute approximate surface area is 166 Å². The number of carbonyl (C=O) groups excluding carboxylic acids is 2. The van der Waals surface area contributed by atoms with E-state index >= 15 is 0 Å². The highest BCUT2D eigenvalue weighted by molar-refractivity contribution is 9.09. The molecule has 5 nitrogen and oxygen atoms in total. The maximum Gasteiger partial charge on any atom is 0.410 e. The molecule has 2 aromatic carbocycles. The third-order valence-corrected chi connectivity index (χ3v) is 6.71. The third kappa shape index (κ3) is 3.23. The van der Waals surface area contributed by atoms with Gasteiger partial charge in [-0.25, -0.2) is 9.59 Å². The van der Waals surface area contributed by atoms with Gasteiger partial charge in [-0.15, -0.1) is 0 Å². The van der Waals surface area contributed by atoms with Gasteiger partial charge in [0, 0.05) is 17.3 Å². The van der Waals surface area contributed by atoms with Gasteiger partial charge in [-0.05, 0) is 29.2 Å². The Kier molecular flexibility index (Phi) is 4.91. The van der Waals surface area contributed by atoms with Crippen molar-refractivity contribution in [3.8, 4) is 0 Å². The molecule has 2 aromatic rings. The fraction of sp³-hybridized carbons (Fsp3) is 0.333. The number of esters is 1. The van der Waals surface area contributed by atoms with E-state index < -0.39 is 0 Å². The predicted octanol–water partition coefficient (Wildman–Crippen LogP) is 3.97. The number of carbonyl (C=O) groups is 2. The predicted molar refractivity (Wildman–Crippen MR) is 104 cm³/mol. The molecule has 1 aliphatic carbocycles. The lowest BCUT2D eigenvalue weighted by Gasteiger charge is -2.41.